The lowest BCUT2D eigenvalue weighted by Gasteiger charge is -2.18. The lowest BCUT2D eigenvalue weighted by atomic mass is 10.1. The Morgan fingerprint density at radius 3 is 1.08 bits per heavy atom. The molecule has 1 unspecified atom stereocenters. The number of ether oxygens (including phenoxy) is 3. The van der Waals surface area contributed by atoms with Crippen molar-refractivity contribution in [1.82, 2.24) is 0 Å². The molecule has 0 aromatic heterocycles. The van der Waals surface area contributed by atoms with E-state index in [0.29, 0.717) is 19.3 Å². The highest BCUT2D eigenvalue weighted by atomic mass is 16.6. The van der Waals surface area contributed by atoms with Crippen LogP contribution in [0, 0.1) is 0 Å². The van der Waals surface area contributed by atoms with Crippen molar-refractivity contribution in [2.24, 2.45) is 0 Å². The third kappa shape index (κ3) is 47.5. The molecule has 348 valence electrons. The van der Waals surface area contributed by atoms with E-state index in [2.05, 4.69) is 106 Å². The van der Waals surface area contributed by atoms with E-state index in [4.69, 9.17) is 14.2 Å². The zero-order valence-corrected chi connectivity index (χ0v) is 39.7. The molecule has 0 N–H and O–H groups in total. The summed E-state index contributed by atoms with van der Waals surface area (Å²) >= 11 is 0. The minimum absolute atomic E-state index is 0.104. The number of carbonyl (C=O) groups is 3. The van der Waals surface area contributed by atoms with E-state index in [1.807, 2.05) is 0 Å². The number of allylic oxidation sites excluding steroid dienone is 14. The molecule has 6 nitrogen and oxygen atoms in total. The van der Waals surface area contributed by atoms with Gasteiger partial charge in [-0.3, -0.25) is 14.4 Å². The van der Waals surface area contributed by atoms with Crippen molar-refractivity contribution in [2.75, 3.05) is 13.2 Å². The molecular weight excluding hydrogens is 757 g/mol. The smallest absolute Gasteiger partial charge is 0.306 e. The normalized spacial score (nSPS) is 12.8. The highest BCUT2D eigenvalue weighted by Crippen LogP contribution is 2.13. The Bertz CT molecular complexity index is 1200. The third-order valence-electron chi connectivity index (χ3n) is 10.5. The van der Waals surface area contributed by atoms with E-state index in [1.54, 1.807) is 0 Å². The molecule has 0 amide bonds. The summed E-state index contributed by atoms with van der Waals surface area (Å²) < 4.78 is 16.7. The van der Waals surface area contributed by atoms with Gasteiger partial charge in [-0.25, -0.2) is 0 Å². The summed E-state index contributed by atoms with van der Waals surface area (Å²) in [7, 11) is 0. The summed E-state index contributed by atoms with van der Waals surface area (Å²) in [4.78, 5) is 37.9. The monoisotopic (exact) mass is 849 g/mol. The number of esters is 3. The first kappa shape index (κ1) is 57.6. The first-order valence-electron chi connectivity index (χ1n) is 25.2. The van der Waals surface area contributed by atoms with E-state index in [0.717, 1.165) is 109 Å². The Morgan fingerprint density at radius 2 is 0.623 bits per heavy atom. The van der Waals surface area contributed by atoms with Gasteiger partial charge >= 0.3 is 17.9 Å². The maximum Gasteiger partial charge on any atom is 0.306 e. The van der Waals surface area contributed by atoms with Gasteiger partial charge in [0.25, 0.3) is 0 Å². The van der Waals surface area contributed by atoms with Crippen LogP contribution >= 0.6 is 0 Å². The standard InChI is InChI=1S/C55H92O6/c1-4-7-10-13-16-19-22-24-26-27-28-29-31-33-36-39-42-45-48-54(57)60-51-52(50-59-53(56)47-44-41-38-35-32-21-18-15-12-9-6-3)61-55(58)49-46-43-40-37-34-30-25-23-20-17-14-11-8-5-2/h15-16,18-19,21-22,24,26-30,32,34,52H,4-14,17,20,23,25,31,33,35-51H2,1-3H3/b18-15-,19-16-,24-22-,27-26-,29-28-,32-21-,34-30-. The lowest BCUT2D eigenvalue weighted by molar-refractivity contribution is -0.167. The molecule has 61 heavy (non-hydrogen) atoms. The average Bonchev–Trinajstić information content (AvgIpc) is 3.26. The van der Waals surface area contributed by atoms with Crippen molar-refractivity contribution < 1.29 is 28.6 Å². The minimum Gasteiger partial charge on any atom is -0.462 e. The fourth-order valence-corrected chi connectivity index (χ4v) is 6.60. The van der Waals surface area contributed by atoms with Gasteiger partial charge in [0, 0.05) is 19.3 Å². The third-order valence-corrected chi connectivity index (χ3v) is 10.5. The second kappa shape index (κ2) is 49.2. The maximum absolute atomic E-state index is 12.8. The molecule has 0 bridgehead atoms. The molecule has 0 saturated carbocycles. The first-order chi connectivity index (χ1) is 30.0. The summed E-state index contributed by atoms with van der Waals surface area (Å²) in [6, 6.07) is 0. The highest BCUT2D eigenvalue weighted by Gasteiger charge is 2.19. The van der Waals surface area contributed by atoms with Crippen molar-refractivity contribution >= 4 is 17.9 Å². The van der Waals surface area contributed by atoms with Gasteiger partial charge in [0.15, 0.2) is 6.10 Å². The van der Waals surface area contributed by atoms with Crippen LogP contribution in [-0.4, -0.2) is 37.2 Å². The number of rotatable bonds is 44. The number of hydrogen-bond donors (Lipinski definition) is 0. The molecule has 0 aliphatic heterocycles. The Balaban J connectivity index is 4.47. The van der Waals surface area contributed by atoms with Crippen LogP contribution in [0.25, 0.3) is 0 Å². The Kier molecular flexibility index (Phi) is 46.5. The van der Waals surface area contributed by atoms with Gasteiger partial charge in [0.1, 0.15) is 13.2 Å². The van der Waals surface area contributed by atoms with Crippen molar-refractivity contribution in [1.29, 1.82) is 0 Å². The van der Waals surface area contributed by atoms with Crippen molar-refractivity contribution in [2.45, 2.75) is 232 Å². The molecule has 0 fully saturated rings. The lowest BCUT2D eigenvalue weighted by Crippen LogP contribution is -2.30. The first-order valence-corrected chi connectivity index (χ1v) is 25.2. The van der Waals surface area contributed by atoms with Crippen LogP contribution < -0.4 is 0 Å². The molecule has 0 aromatic carbocycles. The molecule has 0 saturated heterocycles. The fourth-order valence-electron chi connectivity index (χ4n) is 6.60. The maximum atomic E-state index is 12.8. The Labute approximate surface area is 375 Å². The summed E-state index contributed by atoms with van der Waals surface area (Å²) in [6.45, 7) is 6.47. The minimum atomic E-state index is -0.804. The highest BCUT2D eigenvalue weighted by molar-refractivity contribution is 5.71. The second-order valence-electron chi connectivity index (χ2n) is 16.5. The zero-order valence-electron chi connectivity index (χ0n) is 39.7. The van der Waals surface area contributed by atoms with Crippen LogP contribution in [0.15, 0.2) is 85.1 Å². The second-order valence-corrected chi connectivity index (χ2v) is 16.5. The molecule has 0 spiro atoms. The number of unbranched alkanes of at least 4 members (excludes halogenated alkanes) is 23. The van der Waals surface area contributed by atoms with Gasteiger partial charge < -0.3 is 14.2 Å². The number of hydrogen-bond acceptors (Lipinski definition) is 6. The van der Waals surface area contributed by atoms with E-state index in [9.17, 15) is 14.4 Å². The Hall–Kier alpha value is -3.41. The fraction of sp³-hybridized carbons (Fsp3) is 0.691. The zero-order chi connectivity index (χ0) is 44.4. The van der Waals surface area contributed by atoms with Gasteiger partial charge in [-0.05, 0) is 89.9 Å². The molecule has 1 atom stereocenters. The summed E-state index contributed by atoms with van der Waals surface area (Å²) in [6.07, 6.45) is 62.8. The van der Waals surface area contributed by atoms with E-state index in [1.165, 1.54) is 77.0 Å². The molecule has 6 heteroatoms. The predicted molar refractivity (Wildman–Crippen MR) is 261 cm³/mol. The van der Waals surface area contributed by atoms with Crippen LogP contribution in [-0.2, 0) is 28.6 Å². The van der Waals surface area contributed by atoms with Gasteiger partial charge in [-0.15, -0.1) is 0 Å². The van der Waals surface area contributed by atoms with Crippen LogP contribution in [0.3, 0.4) is 0 Å². The van der Waals surface area contributed by atoms with Crippen LogP contribution in [0.4, 0.5) is 0 Å². The molecule has 0 radical (unpaired) electrons. The molecular formula is C55H92O6. The van der Waals surface area contributed by atoms with Crippen molar-refractivity contribution in [3.8, 4) is 0 Å². The number of carbonyl (C=O) groups excluding carboxylic acids is 3. The van der Waals surface area contributed by atoms with Gasteiger partial charge in [-0.2, -0.15) is 0 Å². The molecule has 0 aliphatic rings. The molecule has 0 heterocycles. The largest absolute Gasteiger partial charge is 0.462 e. The summed E-state index contributed by atoms with van der Waals surface area (Å²) in [5, 5.41) is 0. The summed E-state index contributed by atoms with van der Waals surface area (Å²) in [5.74, 6) is -0.973. The van der Waals surface area contributed by atoms with Crippen LogP contribution in [0.1, 0.15) is 226 Å². The van der Waals surface area contributed by atoms with E-state index < -0.39 is 6.10 Å². The topological polar surface area (TPSA) is 78.9 Å². The molecule has 0 aromatic rings. The van der Waals surface area contributed by atoms with Crippen LogP contribution in [0.2, 0.25) is 0 Å². The van der Waals surface area contributed by atoms with Crippen LogP contribution in [0.5, 0.6) is 0 Å². The Morgan fingerprint density at radius 1 is 0.328 bits per heavy atom. The SMILES string of the molecule is CCCC/C=C\C=C/CCCCCC(=O)OCC(COC(=O)CCCCCCC\C=C/C=C\C=C/C=C\CCCCC)OC(=O)CCCCC/C=C\CCCCCCCCC. The van der Waals surface area contributed by atoms with Crippen molar-refractivity contribution in [3.63, 3.8) is 0 Å². The van der Waals surface area contributed by atoms with E-state index in [-0.39, 0.29) is 31.1 Å². The van der Waals surface area contributed by atoms with E-state index >= 15 is 0 Å². The molecule has 0 rings (SSSR count). The van der Waals surface area contributed by atoms with Gasteiger partial charge in [-0.1, -0.05) is 202 Å². The summed E-state index contributed by atoms with van der Waals surface area (Å²) in [5.41, 5.74) is 0. The average molecular weight is 849 g/mol. The quantitative estimate of drug-likeness (QED) is 0.0200. The van der Waals surface area contributed by atoms with Gasteiger partial charge in [0.2, 0.25) is 0 Å². The van der Waals surface area contributed by atoms with Crippen molar-refractivity contribution in [3.05, 3.63) is 85.1 Å². The molecule has 0 aliphatic carbocycles. The van der Waals surface area contributed by atoms with Gasteiger partial charge in [0.05, 0.1) is 0 Å². The predicted octanol–water partition coefficient (Wildman–Crippen LogP) is 16.4.